The maximum Gasteiger partial charge on any atom is 0.242 e. The van der Waals surface area contributed by atoms with Crippen molar-refractivity contribution in [2.24, 2.45) is 0 Å². The van der Waals surface area contributed by atoms with Gasteiger partial charge in [-0.2, -0.15) is 0 Å². The standard InChI is InChI=1S/C22H25Cl3N2O2/c1-3-12-26-22(29)15(2)27(14-16-8-10-19(24)20(25)13-16)21(28)11-9-17-6-4-5-7-18(17)23/h4-8,10,13,15H,3,9,11-12,14H2,1-2H3,(H,26,29)/t15-/m1/s1. The number of amides is 2. The number of carbonyl (C=O) groups excluding carboxylic acids is 2. The topological polar surface area (TPSA) is 49.4 Å². The summed E-state index contributed by atoms with van der Waals surface area (Å²) in [5.74, 6) is -0.312. The molecule has 0 unspecified atom stereocenters. The van der Waals surface area contributed by atoms with Gasteiger partial charge in [0.2, 0.25) is 11.8 Å². The average molecular weight is 456 g/mol. The Morgan fingerprint density at radius 2 is 1.76 bits per heavy atom. The minimum atomic E-state index is -0.616. The van der Waals surface area contributed by atoms with Crippen molar-refractivity contribution in [2.45, 2.75) is 45.7 Å². The molecule has 2 amide bonds. The van der Waals surface area contributed by atoms with E-state index in [2.05, 4.69) is 5.32 Å². The number of hydrogen-bond acceptors (Lipinski definition) is 2. The van der Waals surface area contributed by atoms with E-state index >= 15 is 0 Å². The molecular formula is C22H25Cl3N2O2. The smallest absolute Gasteiger partial charge is 0.242 e. The number of benzene rings is 2. The van der Waals surface area contributed by atoms with E-state index in [9.17, 15) is 9.59 Å². The Kier molecular flexibility index (Phi) is 9.28. The first kappa shape index (κ1) is 23.5. The fraction of sp³-hybridized carbons (Fsp3) is 0.364. The van der Waals surface area contributed by atoms with Crippen molar-refractivity contribution in [3.05, 3.63) is 68.7 Å². The van der Waals surface area contributed by atoms with Crippen LogP contribution < -0.4 is 5.32 Å². The van der Waals surface area contributed by atoms with Crippen LogP contribution in [-0.2, 0) is 22.6 Å². The number of aryl methyl sites for hydroxylation is 1. The Morgan fingerprint density at radius 3 is 2.41 bits per heavy atom. The van der Waals surface area contributed by atoms with E-state index in [1.165, 1.54) is 0 Å². The molecule has 0 heterocycles. The average Bonchev–Trinajstić information content (AvgIpc) is 2.71. The van der Waals surface area contributed by atoms with Crippen LogP contribution in [0.5, 0.6) is 0 Å². The predicted octanol–water partition coefficient (Wildman–Crippen LogP) is 5.52. The lowest BCUT2D eigenvalue weighted by Gasteiger charge is -2.29. The van der Waals surface area contributed by atoms with Gasteiger partial charge in [0.25, 0.3) is 0 Å². The SMILES string of the molecule is CCCNC(=O)[C@@H](C)N(Cc1ccc(Cl)c(Cl)c1)C(=O)CCc1ccccc1Cl. The van der Waals surface area contributed by atoms with Crippen molar-refractivity contribution in [1.29, 1.82) is 0 Å². The van der Waals surface area contributed by atoms with Gasteiger partial charge in [-0.15, -0.1) is 0 Å². The summed E-state index contributed by atoms with van der Waals surface area (Å²) in [6, 6.07) is 12.0. The molecule has 1 N–H and O–H groups in total. The van der Waals surface area contributed by atoms with E-state index in [0.29, 0.717) is 28.0 Å². The molecule has 0 aliphatic carbocycles. The second-order valence-electron chi connectivity index (χ2n) is 6.83. The van der Waals surface area contributed by atoms with E-state index in [-0.39, 0.29) is 24.8 Å². The molecule has 2 rings (SSSR count). The summed E-state index contributed by atoms with van der Waals surface area (Å²) in [6.07, 6.45) is 1.57. The van der Waals surface area contributed by atoms with Crippen LogP contribution in [0, 0.1) is 0 Å². The Morgan fingerprint density at radius 1 is 1.03 bits per heavy atom. The number of carbonyl (C=O) groups is 2. The third-order valence-corrected chi connectivity index (χ3v) is 5.73. The highest BCUT2D eigenvalue weighted by molar-refractivity contribution is 6.42. The van der Waals surface area contributed by atoms with E-state index in [0.717, 1.165) is 17.5 Å². The largest absolute Gasteiger partial charge is 0.354 e. The van der Waals surface area contributed by atoms with Crippen molar-refractivity contribution in [3.8, 4) is 0 Å². The normalized spacial score (nSPS) is 11.8. The third kappa shape index (κ3) is 6.91. The number of halogens is 3. The lowest BCUT2D eigenvalue weighted by molar-refractivity contribution is -0.140. The molecule has 2 aromatic rings. The maximum atomic E-state index is 13.0. The summed E-state index contributed by atoms with van der Waals surface area (Å²) >= 11 is 18.3. The highest BCUT2D eigenvalue weighted by atomic mass is 35.5. The maximum absolute atomic E-state index is 13.0. The summed E-state index contributed by atoms with van der Waals surface area (Å²) in [6.45, 7) is 4.54. The summed E-state index contributed by atoms with van der Waals surface area (Å²) in [5.41, 5.74) is 1.71. The van der Waals surface area contributed by atoms with Crippen LogP contribution in [0.1, 0.15) is 37.8 Å². The highest BCUT2D eigenvalue weighted by Crippen LogP contribution is 2.24. The zero-order chi connectivity index (χ0) is 21.4. The van der Waals surface area contributed by atoms with Gasteiger partial charge in [-0.25, -0.2) is 0 Å². The molecule has 0 spiro atoms. The predicted molar refractivity (Wildman–Crippen MR) is 120 cm³/mol. The Hall–Kier alpha value is -1.75. The summed E-state index contributed by atoms with van der Waals surface area (Å²) in [4.78, 5) is 27.1. The molecule has 4 nitrogen and oxygen atoms in total. The Balaban J connectivity index is 2.17. The number of nitrogens with zero attached hydrogens (tertiary/aromatic N) is 1. The molecule has 2 aromatic carbocycles. The van der Waals surface area contributed by atoms with Crippen LogP contribution in [0.25, 0.3) is 0 Å². The van der Waals surface area contributed by atoms with Gasteiger partial charge in [0.05, 0.1) is 10.0 Å². The highest BCUT2D eigenvalue weighted by Gasteiger charge is 2.26. The molecule has 0 bridgehead atoms. The van der Waals surface area contributed by atoms with Crippen LogP contribution in [0.15, 0.2) is 42.5 Å². The van der Waals surface area contributed by atoms with Crippen molar-refractivity contribution in [1.82, 2.24) is 10.2 Å². The van der Waals surface area contributed by atoms with Crippen LogP contribution in [-0.4, -0.2) is 29.3 Å². The van der Waals surface area contributed by atoms with E-state index in [4.69, 9.17) is 34.8 Å². The second kappa shape index (κ2) is 11.4. The Bertz CT molecular complexity index is 858. The zero-order valence-electron chi connectivity index (χ0n) is 16.6. The van der Waals surface area contributed by atoms with Crippen molar-refractivity contribution >= 4 is 46.6 Å². The number of hydrogen-bond donors (Lipinski definition) is 1. The summed E-state index contributed by atoms with van der Waals surface area (Å²) < 4.78 is 0. The molecular weight excluding hydrogens is 431 g/mol. The van der Waals surface area contributed by atoms with Gasteiger partial charge in [0.15, 0.2) is 0 Å². The summed E-state index contributed by atoms with van der Waals surface area (Å²) in [5, 5.41) is 4.34. The van der Waals surface area contributed by atoms with Crippen LogP contribution in [0.3, 0.4) is 0 Å². The quantitative estimate of drug-likeness (QED) is 0.541. The molecule has 0 aliphatic heterocycles. The second-order valence-corrected chi connectivity index (χ2v) is 8.05. The van der Waals surface area contributed by atoms with Crippen molar-refractivity contribution in [3.63, 3.8) is 0 Å². The molecule has 0 saturated heterocycles. The van der Waals surface area contributed by atoms with Crippen LogP contribution >= 0.6 is 34.8 Å². The number of rotatable bonds is 9. The zero-order valence-corrected chi connectivity index (χ0v) is 18.8. The van der Waals surface area contributed by atoms with Crippen molar-refractivity contribution in [2.75, 3.05) is 6.54 Å². The number of nitrogens with one attached hydrogen (secondary N) is 1. The van der Waals surface area contributed by atoms with Gasteiger partial charge >= 0.3 is 0 Å². The Labute approximate surface area is 187 Å². The minimum Gasteiger partial charge on any atom is -0.354 e. The molecule has 0 saturated carbocycles. The van der Waals surface area contributed by atoms with Crippen LogP contribution in [0.2, 0.25) is 15.1 Å². The van der Waals surface area contributed by atoms with Gasteiger partial charge in [-0.3, -0.25) is 9.59 Å². The molecule has 29 heavy (non-hydrogen) atoms. The third-order valence-electron chi connectivity index (χ3n) is 4.62. The molecule has 156 valence electrons. The minimum absolute atomic E-state index is 0.129. The molecule has 0 radical (unpaired) electrons. The van der Waals surface area contributed by atoms with E-state index < -0.39 is 6.04 Å². The molecule has 0 fully saturated rings. The molecule has 1 atom stereocenters. The fourth-order valence-corrected chi connectivity index (χ4v) is 3.45. The molecule has 0 aromatic heterocycles. The first-order chi connectivity index (χ1) is 13.8. The van der Waals surface area contributed by atoms with Gasteiger partial charge < -0.3 is 10.2 Å². The van der Waals surface area contributed by atoms with Gasteiger partial charge in [-0.05, 0) is 49.1 Å². The summed E-state index contributed by atoms with van der Waals surface area (Å²) in [7, 11) is 0. The lowest BCUT2D eigenvalue weighted by atomic mass is 10.1. The van der Waals surface area contributed by atoms with Crippen molar-refractivity contribution < 1.29 is 9.59 Å². The fourth-order valence-electron chi connectivity index (χ4n) is 2.90. The lowest BCUT2D eigenvalue weighted by Crippen LogP contribution is -2.47. The van der Waals surface area contributed by atoms with Crippen LogP contribution in [0.4, 0.5) is 0 Å². The first-order valence-corrected chi connectivity index (χ1v) is 10.7. The monoisotopic (exact) mass is 454 g/mol. The van der Waals surface area contributed by atoms with Gasteiger partial charge in [0, 0.05) is 24.5 Å². The molecule has 7 heteroatoms. The van der Waals surface area contributed by atoms with E-state index in [1.807, 2.05) is 25.1 Å². The van der Waals surface area contributed by atoms with E-state index in [1.54, 1.807) is 36.1 Å². The van der Waals surface area contributed by atoms with Gasteiger partial charge in [-0.1, -0.05) is 66.0 Å². The first-order valence-electron chi connectivity index (χ1n) is 9.58. The van der Waals surface area contributed by atoms with Gasteiger partial charge in [0.1, 0.15) is 6.04 Å². The molecule has 0 aliphatic rings.